The number of aromatic nitrogens is 4. The van der Waals surface area contributed by atoms with Gasteiger partial charge in [0.15, 0.2) is 11.0 Å². The van der Waals surface area contributed by atoms with E-state index in [9.17, 15) is 4.79 Å². The number of nitrogens with zero attached hydrogens (tertiary/aromatic N) is 4. The third kappa shape index (κ3) is 5.89. The molecule has 4 aromatic rings. The number of carbonyl (C=O) groups is 1. The van der Waals surface area contributed by atoms with Crippen molar-refractivity contribution in [2.45, 2.75) is 18.1 Å². The maximum absolute atomic E-state index is 12.3. The number of nitrogens with one attached hydrogen (secondary N) is 2. The number of amides is 1. The predicted octanol–water partition coefficient (Wildman–Crippen LogP) is 4.40. The maximum Gasteiger partial charge on any atom is 0.226 e. The highest BCUT2D eigenvalue weighted by Crippen LogP contribution is 2.26. The van der Waals surface area contributed by atoms with Crippen LogP contribution in [0.3, 0.4) is 0 Å². The quantitative estimate of drug-likeness (QED) is 0.339. The van der Waals surface area contributed by atoms with Crippen LogP contribution in [0.5, 0.6) is 5.75 Å². The molecule has 0 spiro atoms. The van der Waals surface area contributed by atoms with Crippen LogP contribution in [0, 0.1) is 0 Å². The summed E-state index contributed by atoms with van der Waals surface area (Å²) in [7, 11) is 1.64. The van der Waals surface area contributed by atoms with Gasteiger partial charge in [0.2, 0.25) is 5.91 Å². The smallest absolute Gasteiger partial charge is 0.226 e. The zero-order valence-corrected chi connectivity index (χ0v) is 19.0. The van der Waals surface area contributed by atoms with E-state index in [0.29, 0.717) is 24.5 Å². The van der Waals surface area contributed by atoms with Crippen molar-refractivity contribution in [2.75, 3.05) is 23.5 Å². The molecule has 2 heterocycles. The molecule has 2 aromatic carbocycles. The first-order chi connectivity index (χ1) is 16.2. The van der Waals surface area contributed by atoms with E-state index in [1.54, 1.807) is 19.4 Å². The number of methoxy groups -OCH3 is 1. The molecule has 4 rings (SSSR count). The minimum Gasteiger partial charge on any atom is -0.495 e. The van der Waals surface area contributed by atoms with Crippen LogP contribution in [0.25, 0.3) is 5.69 Å². The van der Waals surface area contributed by atoms with Crippen LogP contribution >= 0.6 is 11.8 Å². The number of pyridine rings is 1. The summed E-state index contributed by atoms with van der Waals surface area (Å²) in [5.74, 6) is 2.53. The molecule has 0 bridgehead atoms. The van der Waals surface area contributed by atoms with E-state index < -0.39 is 0 Å². The second kappa shape index (κ2) is 11.1. The highest BCUT2D eigenvalue weighted by atomic mass is 32.2. The molecule has 33 heavy (non-hydrogen) atoms. The Morgan fingerprint density at radius 3 is 2.58 bits per heavy atom. The number of carbonyl (C=O) groups excluding carboxylic acids is 1. The average molecular weight is 461 g/mol. The Morgan fingerprint density at radius 1 is 1.00 bits per heavy atom. The van der Waals surface area contributed by atoms with Crippen molar-refractivity contribution < 1.29 is 9.53 Å². The molecule has 9 heteroatoms. The lowest BCUT2D eigenvalue weighted by molar-refractivity contribution is -0.115. The largest absolute Gasteiger partial charge is 0.495 e. The molecule has 2 N–H and O–H groups in total. The van der Waals surface area contributed by atoms with E-state index in [1.807, 2.05) is 71.3 Å². The predicted molar refractivity (Wildman–Crippen MR) is 130 cm³/mol. The van der Waals surface area contributed by atoms with Gasteiger partial charge in [0.1, 0.15) is 11.6 Å². The van der Waals surface area contributed by atoms with Gasteiger partial charge in [0.25, 0.3) is 0 Å². The zero-order chi connectivity index (χ0) is 22.9. The first-order valence-electron chi connectivity index (χ1n) is 10.4. The summed E-state index contributed by atoms with van der Waals surface area (Å²) in [6, 6.07) is 23.1. The van der Waals surface area contributed by atoms with E-state index in [4.69, 9.17) is 4.74 Å². The molecule has 0 fully saturated rings. The van der Waals surface area contributed by atoms with Crippen molar-refractivity contribution in [3.8, 4) is 11.4 Å². The lowest BCUT2D eigenvalue weighted by Gasteiger charge is -2.13. The molecule has 1 amide bonds. The van der Waals surface area contributed by atoms with Crippen LogP contribution in [0.2, 0.25) is 0 Å². The zero-order valence-electron chi connectivity index (χ0n) is 18.1. The third-order valence-electron chi connectivity index (χ3n) is 4.75. The molecule has 2 aromatic heterocycles. The lowest BCUT2D eigenvalue weighted by atomic mass is 10.3. The van der Waals surface area contributed by atoms with Gasteiger partial charge >= 0.3 is 0 Å². The van der Waals surface area contributed by atoms with Gasteiger partial charge in [-0.3, -0.25) is 9.36 Å². The third-order valence-corrected chi connectivity index (χ3v) is 5.68. The van der Waals surface area contributed by atoms with Gasteiger partial charge in [-0.2, -0.15) is 0 Å². The fourth-order valence-corrected chi connectivity index (χ4v) is 4.10. The number of hydrogen-bond donors (Lipinski definition) is 2. The van der Waals surface area contributed by atoms with Crippen LogP contribution in [-0.2, 0) is 11.3 Å². The van der Waals surface area contributed by atoms with E-state index in [0.717, 1.165) is 28.1 Å². The average Bonchev–Trinajstić information content (AvgIpc) is 3.26. The summed E-state index contributed by atoms with van der Waals surface area (Å²) in [4.78, 5) is 16.4. The van der Waals surface area contributed by atoms with Gasteiger partial charge in [-0.1, -0.05) is 48.2 Å². The second-order valence-corrected chi connectivity index (χ2v) is 8.05. The van der Waals surface area contributed by atoms with E-state index >= 15 is 0 Å². The highest BCUT2D eigenvalue weighted by molar-refractivity contribution is 7.99. The van der Waals surface area contributed by atoms with Crippen molar-refractivity contribution in [3.05, 3.63) is 84.8 Å². The molecule has 0 saturated heterocycles. The summed E-state index contributed by atoms with van der Waals surface area (Å²) >= 11 is 1.49. The molecule has 0 atom stereocenters. The van der Waals surface area contributed by atoms with Crippen molar-refractivity contribution in [1.82, 2.24) is 19.7 Å². The first-order valence-corrected chi connectivity index (χ1v) is 11.4. The van der Waals surface area contributed by atoms with Crippen molar-refractivity contribution >= 4 is 29.2 Å². The normalized spacial score (nSPS) is 10.6. The van der Waals surface area contributed by atoms with Crippen LogP contribution in [0.4, 0.5) is 11.5 Å². The monoisotopic (exact) mass is 460 g/mol. The Labute approximate surface area is 196 Å². The Hall–Kier alpha value is -3.85. The minimum atomic E-state index is -0.0926. The molecule has 0 aliphatic heterocycles. The Kier molecular flexibility index (Phi) is 7.55. The molecular formula is C24H24N6O2S. The summed E-state index contributed by atoms with van der Waals surface area (Å²) in [6.07, 6.45) is 1.98. The Bertz CT molecular complexity index is 1180. The minimum absolute atomic E-state index is 0.0926. The fourth-order valence-electron chi connectivity index (χ4n) is 3.19. The van der Waals surface area contributed by atoms with E-state index in [1.165, 1.54) is 11.8 Å². The molecular weight excluding hydrogens is 436 g/mol. The van der Waals surface area contributed by atoms with Crippen LogP contribution in [0.1, 0.15) is 12.2 Å². The van der Waals surface area contributed by atoms with Gasteiger partial charge in [-0.25, -0.2) is 4.98 Å². The fraction of sp³-hybridized carbons (Fsp3) is 0.167. The molecule has 0 radical (unpaired) electrons. The summed E-state index contributed by atoms with van der Waals surface area (Å²) in [5.41, 5.74) is 1.84. The number of hydrogen-bond acceptors (Lipinski definition) is 7. The summed E-state index contributed by atoms with van der Waals surface area (Å²) in [5, 5.41) is 15.7. The Balaban J connectivity index is 1.45. The highest BCUT2D eigenvalue weighted by Gasteiger charge is 2.15. The molecule has 8 nitrogen and oxygen atoms in total. The number of benzene rings is 2. The SMILES string of the molecule is COc1ccccc1NCc1nnc(SCCC(=O)Nc2ccccn2)n1-c1ccccc1. The number of ether oxygens (including phenoxy) is 1. The standard InChI is InChI=1S/C24H24N6O2S/c1-32-20-12-6-5-11-19(20)26-17-22-28-29-24(30(22)18-9-3-2-4-10-18)33-16-14-23(31)27-21-13-7-8-15-25-21/h2-13,15,26H,14,16-17H2,1H3,(H,25,27,31). The second-order valence-electron chi connectivity index (χ2n) is 6.99. The van der Waals surface area contributed by atoms with Crippen LogP contribution < -0.4 is 15.4 Å². The molecule has 0 aliphatic carbocycles. The van der Waals surface area contributed by atoms with Gasteiger partial charge in [-0.15, -0.1) is 10.2 Å². The van der Waals surface area contributed by atoms with Crippen molar-refractivity contribution in [2.24, 2.45) is 0 Å². The van der Waals surface area contributed by atoms with Crippen molar-refractivity contribution in [1.29, 1.82) is 0 Å². The van der Waals surface area contributed by atoms with Gasteiger partial charge in [0, 0.05) is 24.1 Å². The Morgan fingerprint density at radius 2 is 1.79 bits per heavy atom. The van der Waals surface area contributed by atoms with E-state index in [-0.39, 0.29) is 5.91 Å². The summed E-state index contributed by atoms with van der Waals surface area (Å²) < 4.78 is 7.42. The van der Waals surface area contributed by atoms with E-state index in [2.05, 4.69) is 25.8 Å². The topological polar surface area (TPSA) is 94.0 Å². The van der Waals surface area contributed by atoms with Gasteiger partial charge in [-0.05, 0) is 36.4 Å². The molecule has 0 unspecified atom stereocenters. The van der Waals surface area contributed by atoms with Crippen molar-refractivity contribution in [3.63, 3.8) is 0 Å². The maximum atomic E-state index is 12.3. The van der Waals surface area contributed by atoms with Crippen LogP contribution in [-0.4, -0.2) is 38.5 Å². The number of anilines is 2. The lowest BCUT2D eigenvalue weighted by Crippen LogP contribution is -2.13. The molecule has 0 saturated carbocycles. The number of rotatable bonds is 10. The number of para-hydroxylation sites is 3. The van der Waals surface area contributed by atoms with Gasteiger partial charge in [0.05, 0.1) is 19.3 Å². The summed E-state index contributed by atoms with van der Waals surface area (Å²) in [6.45, 7) is 0.461. The van der Waals surface area contributed by atoms with Crippen LogP contribution in [0.15, 0.2) is 84.1 Å². The van der Waals surface area contributed by atoms with Gasteiger partial charge < -0.3 is 15.4 Å². The molecule has 168 valence electrons. The number of thioether (sulfide) groups is 1. The molecule has 0 aliphatic rings. The first kappa shape index (κ1) is 22.3.